The van der Waals surface area contributed by atoms with Crippen LogP contribution in [0.1, 0.15) is 26.3 Å². The zero-order chi connectivity index (χ0) is 14.2. The van der Waals surface area contributed by atoms with E-state index in [0.29, 0.717) is 5.82 Å². The zero-order valence-corrected chi connectivity index (χ0v) is 12.3. The predicted molar refractivity (Wildman–Crippen MR) is 76.1 cm³/mol. The molecule has 0 amide bonds. The average molecular weight is 299 g/mol. The third-order valence-electron chi connectivity index (χ3n) is 2.78. The Hall–Kier alpha value is -1.19. The predicted octanol–water partition coefficient (Wildman–Crippen LogP) is 4.89. The highest BCUT2D eigenvalue weighted by Gasteiger charge is 2.15. The fourth-order valence-electron chi connectivity index (χ4n) is 1.64. The van der Waals surface area contributed by atoms with Gasteiger partial charge in [-0.15, -0.1) is 0 Å². The third-order valence-corrected chi connectivity index (χ3v) is 3.28. The van der Waals surface area contributed by atoms with E-state index >= 15 is 0 Å². The number of halogens is 3. The molecule has 100 valence electrons. The van der Waals surface area contributed by atoms with E-state index < -0.39 is 5.82 Å². The SMILES string of the molecule is CC(C)(C)c1ccc(-c2nc(Cl)c(F)c(Cl)n2)cc1. The summed E-state index contributed by atoms with van der Waals surface area (Å²) >= 11 is 11.3. The molecule has 5 heteroatoms. The molecule has 1 heterocycles. The molecule has 0 N–H and O–H groups in total. The number of hydrogen-bond acceptors (Lipinski definition) is 2. The van der Waals surface area contributed by atoms with Gasteiger partial charge in [-0.3, -0.25) is 0 Å². The lowest BCUT2D eigenvalue weighted by Crippen LogP contribution is -2.10. The van der Waals surface area contributed by atoms with Gasteiger partial charge in [0.25, 0.3) is 0 Å². The van der Waals surface area contributed by atoms with Gasteiger partial charge in [0.15, 0.2) is 21.9 Å². The maximum atomic E-state index is 13.3. The van der Waals surface area contributed by atoms with Gasteiger partial charge in [0.1, 0.15) is 0 Å². The molecular weight excluding hydrogens is 286 g/mol. The zero-order valence-electron chi connectivity index (χ0n) is 10.8. The quantitative estimate of drug-likeness (QED) is 0.701. The van der Waals surface area contributed by atoms with Crippen molar-refractivity contribution in [2.75, 3.05) is 0 Å². The molecule has 19 heavy (non-hydrogen) atoms. The first-order valence-electron chi connectivity index (χ1n) is 5.78. The summed E-state index contributed by atoms with van der Waals surface area (Å²) in [6.07, 6.45) is 0. The van der Waals surface area contributed by atoms with Crippen LogP contribution < -0.4 is 0 Å². The number of aromatic nitrogens is 2. The monoisotopic (exact) mass is 298 g/mol. The summed E-state index contributed by atoms with van der Waals surface area (Å²) in [5, 5.41) is -0.537. The Balaban J connectivity index is 2.43. The molecule has 0 bridgehead atoms. The summed E-state index contributed by atoms with van der Waals surface area (Å²) in [6, 6.07) is 7.73. The molecule has 2 rings (SSSR count). The molecule has 0 saturated heterocycles. The summed E-state index contributed by atoms with van der Waals surface area (Å²) < 4.78 is 13.3. The van der Waals surface area contributed by atoms with E-state index in [1.807, 2.05) is 24.3 Å². The normalized spacial score (nSPS) is 11.7. The smallest absolute Gasteiger partial charge is 0.197 e. The van der Waals surface area contributed by atoms with Gasteiger partial charge in [-0.05, 0) is 11.0 Å². The highest BCUT2D eigenvalue weighted by molar-refractivity contribution is 6.33. The van der Waals surface area contributed by atoms with Crippen LogP contribution in [0.5, 0.6) is 0 Å². The van der Waals surface area contributed by atoms with E-state index in [-0.39, 0.29) is 15.7 Å². The van der Waals surface area contributed by atoms with Crippen molar-refractivity contribution in [3.63, 3.8) is 0 Å². The van der Waals surface area contributed by atoms with Crippen molar-refractivity contribution in [1.82, 2.24) is 9.97 Å². The van der Waals surface area contributed by atoms with Crippen molar-refractivity contribution < 1.29 is 4.39 Å². The second-order valence-corrected chi connectivity index (χ2v) is 5.99. The van der Waals surface area contributed by atoms with Crippen LogP contribution in [0.15, 0.2) is 24.3 Å². The molecule has 0 fully saturated rings. The van der Waals surface area contributed by atoms with Gasteiger partial charge >= 0.3 is 0 Å². The number of rotatable bonds is 1. The summed E-state index contributed by atoms with van der Waals surface area (Å²) in [7, 11) is 0. The van der Waals surface area contributed by atoms with Gasteiger partial charge in [-0.1, -0.05) is 68.2 Å². The first-order chi connectivity index (χ1) is 8.79. The molecule has 0 aliphatic carbocycles. The van der Waals surface area contributed by atoms with Gasteiger partial charge in [0.05, 0.1) is 0 Å². The fourth-order valence-corrected chi connectivity index (χ4v) is 2.03. The first kappa shape index (κ1) is 14.2. The van der Waals surface area contributed by atoms with Crippen molar-refractivity contribution in [3.05, 3.63) is 46.0 Å². The lowest BCUT2D eigenvalue weighted by molar-refractivity contribution is 0.590. The topological polar surface area (TPSA) is 25.8 Å². The highest BCUT2D eigenvalue weighted by atomic mass is 35.5. The van der Waals surface area contributed by atoms with E-state index in [1.54, 1.807) is 0 Å². The number of hydrogen-bond donors (Lipinski definition) is 0. The highest BCUT2D eigenvalue weighted by Crippen LogP contribution is 2.27. The molecule has 1 aromatic heterocycles. The van der Waals surface area contributed by atoms with Crippen LogP contribution in [-0.2, 0) is 5.41 Å². The molecule has 1 aromatic carbocycles. The first-order valence-corrected chi connectivity index (χ1v) is 6.54. The Morgan fingerprint density at radius 3 is 1.84 bits per heavy atom. The van der Waals surface area contributed by atoms with Gasteiger partial charge in [0.2, 0.25) is 0 Å². The van der Waals surface area contributed by atoms with Gasteiger partial charge in [-0.2, -0.15) is 0 Å². The van der Waals surface area contributed by atoms with Crippen molar-refractivity contribution in [1.29, 1.82) is 0 Å². The number of benzene rings is 1. The Morgan fingerprint density at radius 1 is 0.947 bits per heavy atom. The van der Waals surface area contributed by atoms with Crippen LogP contribution >= 0.6 is 23.2 Å². The van der Waals surface area contributed by atoms with E-state index in [1.165, 1.54) is 5.56 Å². The minimum atomic E-state index is -0.793. The van der Waals surface area contributed by atoms with E-state index in [2.05, 4.69) is 30.7 Å². The standard InChI is InChI=1S/C14H13Cl2FN2/c1-14(2,3)9-6-4-8(5-7-9)13-18-11(15)10(17)12(16)19-13/h4-7H,1-3H3. The van der Waals surface area contributed by atoms with Crippen LogP contribution in [0.2, 0.25) is 10.3 Å². The minimum Gasteiger partial charge on any atom is -0.213 e. The van der Waals surface area contributed by atoms with E-state index in [9.17, 15) is 4.39 Å². The Kier molecular flexibility index (Phi) is 3.79. The Labute approximate surface area is 121 Å². The maximum absolute atomic E-state index is 13.3. The average Bonchev–Trinajstić information content (AvgIpc) is 2.34. The van der Waals surface area contributed by atoms with Crippen molar-refractivity contribution in [2.45, 2.75) is 26.2 Å². The van der Waals surface area contributed by atoms with Crippen LogP contribution in [-0.4, -0.2) is 9.97 Å². The Bertz CT molecular complexity index is 581. The largest absolute Gasteiger partial charge is 0.213 e. The third kappa shape index (κ3) is 3.04. The Morgan fingerprint density at radius 2 is 1.42 bits per heavy atom. The molecule has 0 spiro atoms. The number of nitrogens with zero attached hydrogens (tertiary/aromatic N) is 2. The lowest BCUT2D eigenvalue weighted by atomic mass is 9.87. The molecule has 0 aliphatic rings. The molecule has 0 unspecified atom stereocenters. The van der Waals surface area contributed by atoms with Gasteiger partial charge in [0, 0.05) is 5.56 Å². The summed E-state index contributed by atoms with van der Waals surface area (Å²) in [4.78, 5) is 7.78. The molecule has 2 aromatic rings. The fraction of sp³-hybridized carbons (Fsp3) is 0.286. The van der Waals surface area contributed by atoms with Gasteiger partial charge in [-0.25, -0.2) is 14.4 Å². The summed E-state index contributed by atoms with van der Waals surface area (Å²) in [6.45, 7) is 6.39. The van der Waals surface area contributed by atoms with Crippen molar-refractivity contribution in [2.24, 2.45) is 0 Å². The van der Waals surface area contributed by atoms with Crippen molar-refractivity contribution in [3.8, 4) is 11.4 Å². The molecule has 2 nitrogen and oxygen atoms in total. The second-order valence-electron chi connectivity index (χ2n) is 5.27. The minimum absolute atomic E-state index is 0.0669. The summed E-state index contributed by atoms with van der Waals surface area (Å²) in [5.74, 6) is -0.477. The molecular formula is C14H13Cl2FN2. The molecule has 0 radical (unpaired) electrons. The van der Waals surface area contributed by atoms with Crippen LogP contribution in [0, 0.1) is 5.82 Å². The van der Waals surface area contributed by atoms with Crippen molar-refractivity contribution >= 4 is 23.2 Å². The van der Waals surface area contributed by atoms with E-state index in [0.717, 1.165) is 5.56 Å². The lowest BCUT2D eigenvalue weighted by Gasteiger charge is -2.19. The molecule has 0 saturated carbocycles. The summed E-state index contributed by atoms with van der Waals surface area (Å²) in [5.41, 5.74) is 2.00. The van der Waals surface area contributed by atoms with Gasteiger partial charge < -0.3 is 0 Å². The molecule has 0 aliphatic heterocycles. The van der Waals surface area contributed by atoms with Crippen LogP contribution in [0.4, 0.5) is 4.39 Å². The van der Waals surface area contributed by atoms with Crippen LogP contribution in [0.25, 0.3) is 11.4 Å². The van der Waals surface area contributed by atoms with E-state index in [4.69, 9.17) is 23.2 Å². The molecule has 0 atom stereocenters. The maximum Gasteiger partial charge on any atom is 0.197 e. The second kappa shape index (κ2) is 5.06. The van der Waals surface area contributed by atoms with Crippen LogP contribution in [0.3, 0.4) is 0 Å².